The van der Waals surface area contributed by atoms with Crippen LogP contribution in [0.25, 0.3) is 0 Å². The summed E-state index contributed by atoms with van der Waals surface area (Å²) in [4.78, 5) is 10.6. The molecule has 9 heavy (non-hydrogen) atoms. The monoisotopic (exact) mass is 216 g/mol. The zero-order chi connectivity index (χ0) is 7.28. The summed E-state index contributed by atoms with van der Waals surface area (Å²) < 4.78 is 0.213. The topological polar surface area (TPSA) is 17.1 Å². The van der Waals surface area contributed by atoms with Crippen molar-refractivity contribution in [3.63, 3.8) is 0 Å². The molecule has 0 saturated carbocycles. The molecular formula is C7H13ORh. The third kappa shape index (κ3) is 4.78. The van der Waals surface area contributed by atoms with E-state index in [9.17, 15) is 4.79 Å². The molecule has 0 aromatic rings. The molecule has 0 aromatic heterocycles. The number of hydrogen-bond donors (Lipinski definition) is 0. The number of rotatable bonds is 4. The van der Waals surface area contributed by atoms with E-state index in [-0.39, 0.29) is 10.3 Å². The molecule has 56 valence electrons. The molecule has 0 rings (SSSR count). The molecule has 0 aliphatic heterocycles. The van der Waals surface area contributed by atoms with Gasteiger partial charge in [-0.15, -0.1) is 0 Å². The molecule has 0 heterocycles. The van der Waals surface area contributed by atoms with Crippen molar-refractivity contribution in [3.8, 4) is 0 Å². The molecule has 0 aliphatic rings. The van der Waals surface area contributed by atoms with Gasteiger partial charge < -0.3 is 0 Å². The molecule has 0 saturated heterocycles. The van der Waals surface area contributed by atoms with Crippen molar-refractivity contribution in [1.29, 1.82) is 0 Å². The Bertz CT molecular complexity index is 90.9. The van der Waals surface area contributed by atoms with Crippen LogP contribution in [0, 0.1) is 5.92 Å². The fourth-order valence-corrected chi connectivity index (χ4v) is 0.854. The van der Waals surface area contributed by atoms with E-state index in [0.29, 0.717) is 0 Å². The molecule has 0 radical (unpaired) electrons. The van der Waals surface area contributed by atoms with Crippen LogP contribution in [0.1, 0.15) is 33.1 Å². The number of carbonyl (C=O) groups excluding carboxylic acids is 1. The Morgan fingerprint density at radius 2 is 2.22 bits per heavy atom. The van der Waals surface area contributed by atoms with E-state index in [1.54, 1.807) is 0 Å². The first-order valence-corrected chi connectivity index (χ1v) is 4.17. The summed E-state index contributed by atoms with van der Waals surface area (Å²) >= 11 is 2.41. The average molecular weight is 216 g/mol. The van der Waals surface area contributed by atoms with E-state index in [0.717, 1.165) is 12.8 Å². The van der Waals surface area contributed by atoms with Crippen LogP contribution in [0.15, 0.2) is 0 Å². The Kier molecular flexibility index (Phi) is 5.27. The first-order valence-electron chi connectivity index (χ1n) is 3.35. The van der Waals surface area contributed by atoms with E-state index >= 15 is 0 Å². The van der Waals surface area contributed by atoms with Crippen LogP contribution in [0.4, 0.5) is 0 Å². The second-order valence-electron chi connectivity index (χ2n) is 2.33. The minimum absolute atomic E-state index is 0.213. The Balaban J connectivity index is 3.27. The molecular weight excluding hydrogens is 203 g/mol. The minimum atomic E-state index is 0.213. The molecule has 2 heteroatoms. The zero-order valence-electron chi connectivity index (χ0n) is 5.94. The van der Waals surface area contributed by atoms with E-state index in [4.69, 9.17) is 0 Å². The zero-order valence-corrected chi connectivity index (χ0v) is 7.58. The van der Waals surface area contributed by atoms with E-state index < -0.39 is 0 Å². The van der Waals surface area contributed by atoms with Gasteiger partial charge in [0.15, 0.2) is 0 Å². The summed E-state index contributed by atoms with van der Waals surface area (Å²) in [5, 5.41) is 0. The van der Waals surface area contributed by atoms with Crippen molar-refractivity contribution in [2.45, 2.75) is 33.1 Å². The van der Waals surface area contributed by atoms with Gasteiger partial charge in [-0.1, -0.05) is 0 Å². The normalized spacial score (nSPS) is 13.3. The van der Waals surface area contributed by atoms with Crippen molar-refractivity contribution in [2.75, 3.05) is 0 Å². The number of carbonyl (C=O) groups is 1. The predicted molar refractivity (Wildman–Crippen MR) is 33.7 cm³/mol. The van der Waals surface area contributed by atoms with Gasteiger partial charge in [-0.25, -0.2) is 0 Å². The van der Waals surface area contributed by atoms with Gasteiger partial charge in [0, 0.05) is 0 Å². The Labute approximate surface area is 66.9 Å². The van der Waals surface area contributed by atoms with Gasteiger partial charge in [-0.3, -0.25) is 0 Å². The second kappa shape index (κ2) is 5.11. The van der Waals surface area contributed by atoms with Gasteiger partial charge in [0.25, 0.3) is 0 Å². The Morgan fingerprint density at radius 3 is 2.56 bits per heavy atom. The van der Waals surface area contributed by atoms with Gasteiger partial charge in [-0.05, 0) is 0 Å². The van der Waals surface area contributed by atoms with Gasteiger partial charge in [0.2, 0.25) is 0 Å². The third-order valence-corrected chi connectivity index (χ3v) is 2.16. The van der Waals surface area contributed by atoms with Crippen molar-refractivity contribution in [1.82, 2.24) is 0 Å². The average Bonchev–Trinajstić information content (AvgIpc) is 1.82. The fourth-order valence-electron chi connectivity index (χ4n) is 0.617. The van der Waals surface area contributed by atoms with Crippen molar-refractivity contribution < 1.29 is 23.1 Å². The molecule has 1 atom stereocenters. The fraction of sp³-hybridized carbons (Fsp3) is 0.857. The van der Waals surface area contributed by atoms with E-state index in [2.05, 4.69) is 25.2 Å². The van der Waals surface area contributed by atoms with E-state index in [1.165, 1.54) is 6.42 Å². The van der Waals surface area contributed by atoms with E-state index in [1.807, 2.05) is 6.92 Å². The summed E-state index contributed by atoms with van der Waals surface area (Å²) in [6.45, 7) is 4.11. The SMILES string of the molecule is CCCCC(C)[C](=O)[Rh]. The van der Waals surface area contributed by atoms with Crippen LogP contribution in [0.2, 0.25) is 0 Å². The van der Waals surface area contributed by atoms with Crippen LogP contribution < -0.4 is 0 Å². The van der Waals surface area contributed by atoms with Gasteiger partial charge in [-0.2, -0.15) is 0 Å². The van der Waals surface area contributed by atoms with Gasteiger partial charge in [0.05, 0.1) is 0 Å². The van der Waals surface area contributed by atoms with Crippen LogP contribution >= 0.6 is 0 Å². The molecule has 0 aromatic carbocycles. The molecule has 0 bridgehead atoms. The van der Waals surface area contributed by atoms with Crippen LogP contribution in [-0.2, 0) is 23.1 Å². The first-order chi connectivity index (χ1) is 4.18. The Hall–Kier alpha value is 0.293. The summed E-state index contributed by atoms with van der Waals surface area (Å²) in [7, 11) is 0. The summed E-state index contributed by atoms with van der Waals surface area (Å²) in [5.74, 6) is 0.233. The molecule has 0 aliphatic carbocycles. The summed E-state index contributed by atoms with van der Waals surface area (Å²) in [5.41, 5.74) is 0. The Morgan fingerprint density at radius 1 is 1.67 bits per heavy atom. The standard InChI is InChI=1S/C7H13O.Rh/c1-3-4-5-7(2)6-8;/h7H,3-5H2,1-2H3;. The van der Waals surface area contributed by atoms with Gasteiger partial charge >= 0.3 is 66.5 Å². The molecule has 0 N–H and O–H groups in total. The molecule has 1 unspecified atom stereocenters. The molecule has 0 spiro atoms. The van der Waals surface area contributed by atoms with Crippen molar-refractivity contribution in [3.05, 3.63) is 0 Å². The van der Waals surface area contributed by atoms with Crippen LogP contribution in [0.5, 0.6) is 0 Å². The molecule has 0 amide bonds. The molecule has 0 fully saturated rings. The first kappa shape index (κ1) is 9.29. The predicted octanol–water partition coefficient (Wildman–Crippen LogP) is 1.89. The van der Waals surface area contributed by atoms with Crippen LogP contribution in [-0.4, -0.2) is 4.38 Å². The maximum absolute atomic E-state index is 10.6. The summed E-state index contributed by atoms with van der Waals surface area (Å²) in [6, 6.07) is 0. The number of unbranched alkanes of at least 4 members (excludes halogenated alkanes) is 1. The summed E-state index contributed by atoms with van der Waals surface area (Å²) in [6.07, 6.45) is 3.38. The second-order valence-corrected chi connectivity index (χ2v) is 3.13. The van der Waals surface area contributed by atoms with Crippen molar-refractivity contribution >= 4 is 4.38 Å². The molecule has 1 nitrogen and oxygen atoms in total. The maximum atomic E-state index is 10.6. The third-order valence-electron chi connectivity index (χ3n) is 1.36. The van der Waals surface area contributed by atoms with Crippen LogP contribution in [0.3, 0.4) is 0 Å². The van der Waals surface area contributed by atoms with Gasteiger partial charge in [0.1, 0.15) is 0 Å². The van der Waals surface area contributed by atoms with Crippen molar-refractivity contribution in [2.24, 2.45) is 5.92 Å². The number of hydrogen-bond acceptors (Lipinski definition) is 1. The quantitative estimate of drug-likeness (QED) is 0.656.